The van der Waals surface area contributed by atoms with E-state index < -0.39 is 5.60 Å². The van der Waals surface area contributed by atoms with E-state index in [1.807, 2.05) is 25.1 Å². The monoisotopic (exact) mass is 293 g/mol. The van der Waals surface area contributed by atoms with Crippen LogP contribution in [-0.4, -0.2) is 34.6 Å². The predicted octanol–water partition coefficient (Wildman–Crippen LogP) is 3.12. The van der Waals surface area contributed by atoms with Crippen molar-refractivity contribution in [2.24, 2.45) is 0 Å². The third-order valence-corrected chi connectivity index (χ3v) is 4.03. The first-order valence-corrected chi connectivity index (χ1v) is 7.30. The summed E-state index contributed by atoms with van der Waals surface area (Å²) < 4.78 is 0. The fourth-order valence-electron chi connectivity index (χ4n) is 2.36. The molecular formula is C16H20ClNO2. The van der Waals surface area contributed by atoms with Gasteiger partial charge in [-0.1, -0.05) is 29.8 Å². The molecule has 1 aromatic rings. The summed E-state index contributed by atoms with van der Waals surface area (Å²) in [4.78, 5) is 13.9. The number of rotatable bonds is 2. The number of carbonyl (C=O) groups excluding carboxylic acids is 1. The van der Waals surface area contributed by atoms with Crippen molar-refractivity contribution in [3.8, 4) is 0 Å². The van der Waals surface area contributed by atoms with Gasteiger partial charge in [-0.3, -0.25) is 4.79 Å². The van der Waals surface area contributed by atoms with Crippen LogP contribution in [0.15, 0.2) is 30.3 Å². The first kappa shape index (κ1) is 15.1. The van der Waals surface area contributed by atoms with Gasteiger partial charge in [-0.15, -0.1) is 0 Å². The van der Waals surface area contributed by atoms with Gasteiger partial charge in [0.2, 0.25) is 5.91 Å². The highest BCUT2D eigenvalue weighted by Crippen LogP contribution is 2.22. The van der Waals surface area contributed by atoms with Crippen molar-refractivity contribution in [3.05, 3.63) is 40.9 Å². The van der Waals surface area contributed by atoms with Gasteiger partial charge < -0.3 is 10.0 Å². The van der Waals surface area contributed by atoms with Crippen LogP contribution in [0.3, 0.4) is 0 Å². The first-order chi connectivity index (χ1) is 9.48. The van der Waals surface area contributed by atoms with Crippen LogP contribution in [0.25, 0.3) is 6.08 Å². The van der Waals surface area contributed by atoms with Crippen molar-refractivity contribution in [2.75, 3.05) is 13.1 Å². The topological polar surface area (TPSA) is 40.5 Å². The van der Waals surface area contributed by atoms with Crippen molar-refractivity contribution in [1.82, 2.24) is 4.90 Å². The van der Waals surface area contributed by atoms with Gasteiger partial charge in [0.05, 0.1) is 5.60 Å². The Balaban J connectivity index is 2.00. The minimum absolute atomic E-state index is 0.0254. The molecule has 108 valence electrons. The molecule has 0 bridgehead atoms. The number of benzene rings is 1. The van der Waals surface area contributed by atoms with Gasteiger partial charge in [0, 0.05) is 24.2 Å². The molecule has 1 aliphatic heterocycles. The van der Waals surface area contributed by atoms with Crippen LogP contribution in [0, 0.1) is 0 Å². The Hall–Kier alpha value is -1.32. The number of carbonyl (C=O) groups is 1. The molecule has 1 saturated heterocycles. The van der Waals surface area contributed by atoms with Gasteiger partial charge >= 0.3 is 0 Å². The largest absolute Gasteiger partial charge is 0.390 e. The first-order valence-electron chi connectivity index (χ1n) is 6.92. The van der Waals surface area contributed by atoms with Crippen LogP contribution in [0.2, 0.25) is 5.02 Å². The zero-order valence-corrected chi connectivity index (χ0v) is 12.4. The molecule has 1 atom stereocenters. The molecule has 0 saturated carbocycles. The van der Waals surface area contributed by atoms with E-state index in [2.05, 4.69) is 0 Å². The zero-order valence-electron chi connectivity index (χ0n) is 11.7. The molecule has 1 N–H and O–H groups in total. The molecule has 1 amide bonds. The molecule has 1 aromatic carbocycles. The van der Waals surface area contributed by atoms with Gasteiger partial charge in [-0.2, -0.15) is 0 Å². The van der Waals surface area contributed by atoms with Gasteiger partial charge in [-0.05, 0) is 43.9 Å². The molecule has 0 radical (unpaired) electrons. The van der Waals surface area contributed by atoms with Crippen LogP contribution in [0.5, 0.6) is 0 Å². The van der Waals surface area contributed by atoms with E-state index in [9.17, 15) is 9.90 Å². The van der Waals surface area contributed by atoms with Crippen LogP contribution in [-0.2, 0) is 4.79 Å². The van der Waals surface area contributed by atoms with Crippen molar-refractivity contribution in [1.29, 1.82) is 0 Å². The van der Waals surface area contributed by atoms with Crippen LogP contribution < -0.4 is 0 Å². The summed E-state index contributed by atoms with van der Waals surface area (Å²) in [6.07, 6.45) is 5.50. The summed E-state index contributed by atoms with van der Waals surface area (Å²) in [7, 11) is 0. The number of aliphatic hydroxyl groups is 1. The summed E-state index contributed by atoms with van der Waals surface area (Å²) in [5, 5.41) is 10.7. The predicted molar refractivity (Wildman–Crippen MR) is 81.5 cm³/mol. The minimum atomic E-state index is -0.651. The molecule has 1 fully saturated rings. The highest BCUT2D eigenvalue weighted by atomic mass is 35.5. The normalized spacial score (nSPS) is 23.9. The maximum Gasteiger partial charge on any atom is 0.246 e. The van der Waals surface area contributed by atoms with E-state index in [4.69, 9.17) is 11.6 Å². The SMILES string of the molecule is CC1(O)CCCN(C(=O)/C=C/c2ccccc2Cl)CC1. The smallest absolute Gasteiger partial charge is 0.246 e. The maximum absolute atomic E-state index is 12.2. The molecule has 1 aliphatic rings. The molecule has 1 unspecified atom stereocenters. The molecule has 0 spiro atoms. The fraction of sp³-hybridized carbons (Fsp3) is 0.438. The van der Waals surface area contributed by atoms with Gasteiger partial charge in [0.25, 0.3) is 0 Å². The van der Waals surface area contributed by atoms with Crippen LogP contribution in [0.4, 0.5) is 0 Å². The lowest BCUT2D eigenvalue weighted by Gasteiger charge is -2.21. The lowest BCUT2D eigenvalue weighted by molar-refractivity contribution is -0.126. The summed E-state index contributed by atoms with van der Waals surface area (Å²) in [6.45, 7) is 3.13. The average Bonchev–Trinajstić information content (AvgIpc) is 2.58. The Morgan fingerprint density at radius 1 is 1.35 bits per heavy atom. The second kappa shape index (κ2) is 6.42. The number of halogens is 1. The molecule has 20 heavy (non-hydrogen) atoms. The highest BCUT2D eigenvalue weighted by molar-refractivity contribution is 6.32. The summed E-state index contributed by atoms with van der Waals surface area (Å²) >= 11 is 6.05. The minimum Gasteiger partial charge on any atom is -0.390 e. The van der Waals surface area contributed by atoms with Crippen molar-refractivity contribution in [2.45, 2.75) is 31.8 Å². The van der Waals surface area contributed by atoms with Gasteiger partial charge in [0.1, 0.15) is 0 Å². The number of amides is 1. The van der Waals surface area contributed by atoms with E-state index >= 15 is 0 Å². The molecule has 1 heterocycles. The van der Waals surface area contributed by atoms with Gasteiger partial charge in [-0.25, -0.2) is 0 Å². The van der Waals surface area contributed by atoms with E-state index in [1.165, 1.54) is 0 Å². The van der Waals surface area contributed by atoms with Crippen molar-refractivity contribution < 1.29 is 9.90 Å². The third kappa shape index (κ3) is 4.09. The van der Waals surface area contributed by atoms with E-state index in [1.54, 1.807) is 23.1 Å². The maximum atomic E-state index is 12.2. The summed E-state index contributed by atoms with van der Waals surface area (Å²) in [5.74, 6) is -0.0254. The Bertz CT molecular complexity index is 511. The van der Waals surface area contributed by atoms with E-state index in [-0.39, 0.29) is 5.91 Å². The molecule has 0 aliphatic carbocycles. The molecule has 4 heteroatoms. The van der Waals surface area contributed by atoms with Crippen LogP contribution >= 0.6 is 11.6 Å². The summed E-state index contributed by atoms with van der Waals surface area (Å²) in [5.41, 5.74) is 0.186. The number of likely N-dealkylation sites (tertiary alicyclic amines) is 1. The quantitative estimate of drug-likeness (QED) is 0.851. The standard InChI is InChI=1S/C16H20ClNO2/c1-16(20)9-4-11-18(12-10-16)15(19)8-7-13-5-2-3-6-14(13)17/h2-3,5-8,20H,4,9-12H2,1H3/b8-7+. The number of nitrogens with zero attached hydrogens (tertiary/aromatic N) is 1. The third-order valence-electron chi connectivity index (χ3n) is 3.69. The molecule has 3 nitrogen and oxygen atoms in total. The molecule has 2 rings (SSSR count). The number of hydrogen-bond donors (Lipinski definition) is 1. The Morgan fingerprint density at radius 3 is 2.85 bits per heavy atom. The van der Waals surface area contributed by atoms with Crippen LogP contribution in [0.1, 0.15) is 31.7 Å². The second-order valence-electron chi connectivity index (χ2n) is 5.53. The fourth-order valence-corrected chi connectivity index (χ4v) is 2.56. The summed E-state index contributed by atoms with van der Waals surface area (Å²) in [6, 6.07) is 7.42. The highest BCUT2D eigenvalue weighted by Gasteiger charge is 2.26. The van der Waals surface area contributed by atoms with Crippen molar-refractivity contribution >= 4 is 23.6 Å². The zero-order chi connectivity index (χ0) is 14.6. The number of hydrogen-bond acceptors (Lipinski definition) is 2. The average molecular weight is 294 g/mol. The Labute approximate surface area is 124 Å². The van der Waals surface area contributed by atoms with Gasteiger partial charge in [0.15, 0.2) is 0 Å². The lowest BCUT2D eigenvalue weighted by atomic mass is 9.98. The lowest BCUT2D eigenvalue weighted by Crippen LogP contribution is -2.32. The molecule has 0 aromatic heterocycles. The second-order valence-corrected chi connectivity index (χ2v) is 5.94. The van der Waals surface area contributed by atoms with E-state index in [0.717, 1.165) is 18.4 Å². The van der Waals surface area contributed by atoms with E-state index in [0.29, 0.717) is 24.5 Å². The Morgan fingerprint density at radius 2 is 2.10 bits per heavy atom. The van der Waals surface area contributed by atoms with Crippen molar-refractivity contribution in [3.63, 3.8) is 0 Å². The Kier molecular flexibility index (Phi) is 4.84. The molecular weight excluding hydrogens is 274 g/mol.